The number of phosphoric acid groups is 1. The van der Waals surface area contributed by atoms with Crippen molar-refractivity contribution < 1.29 is 37.3 Å². The number of hydrogen-bond donors (Lipinski definition) is 2. The molecule has 1 amide bonds. The summed E-state index contributed by atoms with van der Waals surface area (Å²) in [6.07, 6.45) is 22.9. The predicted molar refractivity (Wildman–Crippen MR) is 183 cm³/mol. The van der Waals surface area contributed by atoms with Gasteiger partial charge in [0.1, 0.15) is 6.61 Å². The van der Waals surface area contributed by atoms with Gasteiger partial charge in [-0.25, -0.2) is 9.36 Å². The molecule has 1 aromatic carbocycles. The summed E-state index contributed by atoms with van der Waals surface area (Å²) in [7, 11) is -4.29. The Morgan fingerprint density at radius 3 is 2.09 bits per heavy atom. The maximum absolute atomic E-state index is 12.7. The lowest BCUT2D eigenvalue weighted by atomic mass is 9.95. The molecule has 2 aromatic rings. The van der Waals surface area contributed by atoms with Gasteiger partial charge in [-0.1, -0.05) is 115 Å². The molecule has 0 spiro atoms. The van der Waals surface area contributed by atoms with Crippen molar-refractivity contribution in [3.05, 3.63) is 42.6 Å². The third kappa shape index (κ3) is 13.6. The van der Waals surface area contributed by atoms with Crippen LogP contribution in [0.5, 0.6) is 0 Å². The van der Waals surface area contributed by atoms with Gasteiger partial charge in [0.25, 0.3) is 0 Å². The average molecular weight is 664 g/mol. The summed E-state index contributed by atoms with van der Waals surface area (Å²) >= 11 is 0. The largest absolute Gasteiger partial charge is 0.472 e. The standard InChI is InChI=1S/C36H59N2O7P/c1-3-5-6-7-8-9-10-11-12-13-14-15-16-17-18-21-27-37-35(39)42-30-36(31-45-46(40,41)44-4-2)34(26-29-43-36)38-28-22-24-32-23-19-20-25-33(32)38/h19-20,22-25,28,34H,3-18,21,26-27,29-31H2,1-2H3,(H-,37,39,40,41)/p+1. The Balaban J connectivity index is 1.36. The molecule has 3 atom stereocenters. The van der Waals surface area contributed by atoms with Gasteiger partial charge in [-0.05, 0) is 25.5 Å². The Labute approximate surface area is 277 Å². The summed E-state index contributed by atoms with van der Waals surface area (Å²) in [6, 6.07) is 11.7. The number of phosphoric ester groups is 1. The Hall–Kier alpha value is -2.03. The number of amides is 1. The van der Waals surface area contributed by atoms with E-state index in [1.165, 1.54) is 89.9 Å². The molecule has 1 aromatic heterocycles. The van der Waals surface area contributed by atoms with Gasteiger partial charge in [-0.3, -0.25) is 9.05 Å². The quantitative estimate of drug-likeness (QED) is 0.0620. The minimum Gasteiger partial charge on any atom is -0.446 e. The number of carbonyl (C=O) groups excluding carboxylic acids is 1. The molecule has 0 saturated carbocycles. The first kappa shape index (κ1) is 38.4. The topological polar surface area (TPSA) is 107 Å². The average Bonchev–Trinajstić information content (AvgIpc) is 3.48. The predicted octanol–water partition coefficient (Wildman–Crippen LogP) is 8.97. The van der Waals surface area contributed by atoms with Gasteiger partial charge in [-0.15, -0.1) is 0 Å². The van der Waals surface area contributed by atoms with E-state index in [4.69, 9.17) is 18.5 Å². The summed E-state index contributed by atoms with van der Waals surface area (Å²) in [5.41, 5.74) is -0.189. The number of fused-ring (bicyclic) bond motifs is 1. The third-order valence-corrected chi connectivity index (χ3v) is 10.0. The molecule has 1 fully saturated rings. The molecule has 1 aliphatic rings. The van der Waals surface area contributed by atoms with Gasteiger partial charge in [-0.2, -0.15) is 4.57 Å². The van der Waals surface area contributed by atoms with Gasteiger partial charge >= 0.3 is 13.9 Å². The number of ether oxygens (including phenoxy) is 2. The zero-order valence-electron chi connectivity index (χ0n) is 28.5. The number of unbranched alkanes of at least 4 members (excludes halogenated alkanes) is 15. The van der Waals surface area contributed by atoms with E-state index in [9.17, 15) is 14.3 Å². The maximum Gasteiger partial charge on any atom is 0.472 e. The van der Waals surface area contributed by atoms with Crippen LogP contribution in [-0.4, -0.2) is 49.6 Å². The minimum absolute atomic E-state index is 0.0292. The second kappa shape index (κ2) is 21.8. The molecular weight excluding hydrogens is 603 g/mol. The molecule has 0 radical (unpaired) electrons. The lowest BCUT2D eigenvalue weighted by molar-refractivity contribution is -0.709. The van der Waals surface area contributed by atoms with Crippen LogP contribution in [-0.2, 0) is 23.1 Å². The number of nitrogens with one attached hydrogen (secondary N) is 1. The monoisotopic (exact) mass is 663 g/mol. The molecule has 0 bridgehead atoms. The SMILES string of the molecule is CCCCCCCCCCCCCCCCCCNC(=O)OCC1(COP(=O)(O)OCC)OCCC1[n+]1cccc2ccccc21. The van der Waals surface area contributed by atoms with E-state index in [0.717, 1.165) is 23.7 Å². The second-order valence-electron chi connectivity index (χ2n) is 12.7. The number of aromatic nitrogens is 1. The highest BCUT2D eigenvalue weighted by atomic mass is 31.2. The molecule has 0 aliphatic carbocycles. The number of nitrogens with zero attached hydrogens (tertiary/aromatic N) is 1. The van der Waals surface area contributed by atoms with Crippen LogP contribution >= 0.6 is 7.82 Å². The van der Waals surface area contributed by atoms with Crippen LogP contribution in [0.3, 0.4) is 0 Å². The summed E-state index contributed by atoms with van der Waals surface area (Å²) in [5, 5.41) is 3.90. The summed E-state index contributed by atoms with van der Waals surface area (Å²) < 4.78 is 36.7. The molecule has 3 unspecified atom stereocenters. The van der Waals surface area contributed by atoms with Crippen molar-refractivity contribution in [2.75, 3.05) is 33.0 Å². The van der Waals surface area contributed by atoms with E-state index in [0.29, 0.717) is 19.6 Å². The Kier molecular flexibility index (Phi) is 18.2. The number of carbonyl (C=O) groups is 1. The highest BCUT2D eigenvalue weighted by Crippen LogP contribution is 2.46. The fourth-order valence-corrected chi connectivity index (χ4v) is 7.17. The number of alkyl carbamates (subject to hydrolysis) is 1. The van der Waals surface area contributed by atoms with Crippen LogP contribution in [0, 0.1) is 0 Å². The van der Waals surface area contributed by atoms with E-state index in [-0.39, 0.29) is 25.9 Å². The first-order valence-corrected chi connectivity index (χ1v) is 19.5. The van der Waals surface area contributed by atoms with E-state index in [1.807, 2.05) is 42.6 Å². The van der Waals surface area contributed by atoms with Crippen molar-refractivity contribution in [1.29, 1.82) is 0 Å². The number of benzene rings is 1. The highest BCUT2D eigenvalue weighted by molar-refractivity contribution is 7.47. The molecule has 10 heteroatoms. The molecule has 1 saturated heterocycles. The fraction of sp³-hybridized carbons (Fsp3) is 0.722. The normalized spacial score (nSPS) is 19.3. The van der Waals surface area contributed by atoms with Gasteiger partial charge in [0.05, 0.1) is 19.8 Å². The lowest BCUT2D eigenvalue weighted by Gasteiger charge is -2.31. The molecule has 2 heterocycles. The van der Waals surface area contributed by atoms with Crippen LogP contribution in [0.4, 0.5) is 4.79 Å². The molecule has 260 valence electrons. The van der Waals surface area contributed by atoms with Gasteiger partial charge in [0.2, 0.25) is 5.52 Å². The molecule has 1 aliphatic heterocycles. The summed E-state index contributed by atoms with van der Waals surface area (Å²) in [5.74, 6) is 0. The fourth-order valence-electron chi connectivity index (χ4n) is 6.39. The molecule has 2 N–H and O–H groups in total. The van der Waals surface area contributed by atoms with E-state index in [1.54, 1.807) is 6.92 Å². The lowest BCUT2D eigenvalue weighted by Crippen LogP contribution is -2.56. The Morgan fingerprint density at radius 1 is 0.870 bits per heavy atom. The van der Waals surface area contributed by atoms with Crippen molar-refractivity contribution in [3.8, 4) is 0 Å². The molecule has 3 rings (SSSR count). The first-order chi connectivity index (χ1) is 22.4. The number of pyridine rings is 1. The Morgan fingerprint density at radius 2 is 1.46 bits per heavy atom. The zero-order valence-corrected chi connectivity index (χ0v) is 29.4. The third-order valence-electron chi connectivity index (χ3n) is 8.97. The van der Waals surface area contributed by atoms with Crippen molar-refractivity contribution in [3.63, 3.8) is 0 Å². The van der Waals surface area contributed by atoms with E-state index >= 15 is 0 Å². The number of rotatable bonds is 25. The van der Waals surface area contributed by atoms with Gasteiger partial charge in [0, 0.05) is 30.5 Å². The van der Waals surface area contributed by atoms with Crippen molar-refractivity contribution in [2.45, 2.75) is 135 Å². The molecule has 9 nitrogen and oxygen atoms in total. The Bertz CT molecular complexity index is 1180. The number of para-hydroxylation sites is 1. The van der Waals surface area contributed by atoms with Gasteiger partial charge in [0.15, 0.2) is 17.8 Å². The maximum atomic E-state index is 12.7. The van der Waals surface area contributed by atoms with Crippen LogP contribution in [0.1, 0.15) is 129 Å². The van der Waals surface area contributed by atoms with Gasteiger partial charge < -0.3 is 19.7 Å². The van der Waals surface area contributed by atoms with Crippen molar-refractivity contribution in [2.24, 2.45) is 0 Å². The molecular formula is C36H60N2O7P+. The second-order valence-corrected chi connectivity index (χ2v) is 14.1. The van der Waals surface area contributed by atoms with Crippen LogP contribution in [0.25, 0.3) is 10.9 Å². The van der Waals surface area contributed by atoms with Crippen LogP contribution < -0.4 is 9.88 Å². The van der Waals surface area contributed by atoms with Crippen molar-refractivity contribution >= 4 is 24.8 Å². The number of hydrogen-bond acceptors (Lipinski definition) is 6. The van der Waals surface area contributed by atoms with E-state index < -0.39 is 19.5 Å². The summed E-state index contributed by atoms with van der Waals surface area (Å²) in [6.45, 7) is 4.44. The smallest absolute Gasteiger partial charge is 0.446 e. The van der Waals surface area contributed by atoms with Crippen LogP contribution in [0.2, 0.25) is 0 Å². The zero-order chi connectivity index (χ0) is 32.9. The highest BCUT2D eigenvalue weighted by Gasteiger charge is 2.53. The minimum atomic E-state index is -4.29. The molecule has 46 heavy (non-hydrogen) atoms. The summed E-state index contributed by atoms with van der Waals surface area (Å²) in [4.78, 5) is 22.8. The van der Waals surface area contributed by atoms with E-state index in [2.05, 4.69) is 16.8 Å². The first-order valence-electron chi connectivity index (χ1n) is 18.0. The van der Waals surface area contributed by atoms with Crippen LogP contribution in [0.15, 0.2) is 42.6 Å². The van der Waals surface area contributed by atoms with Crippen molar-refractivity contribution in [1.82, 2.24) is 5.32 Å².